The van der Waals surface area contributed by atoms with Crippen molar-refractivity contribution < 1.29 is 17.6 Å². The van der Waals surface area contributed by atoms with E-state index in [1.54, 1.807) is 7.05 Å². The van der Waals surface area contributed by atoms with Crippen molar-refractivity contribution in [3.8, 4) is 0 Å². The molecule has 2 aromatic carbocycles. The van der Waals surface area contributed by atoms with Crippen LogP contribution >= 0.6 is 0 Å². The third-order valence-corrected chi connectivity index (χ3v) is 6.70. The molecule has 0 aliphatic heterocycles. The molecule has 1 heterocycles. The molecule has 32 heavy (non-hydrogen) atoms. The lowest BCUT2D eigenvalue weighted by Gasteiger charge is -2.20. The second kappa shape index (κ2) is 9.70. The summed E-state index contributed by atoms with van der Waals surface area (Å²) in [5.41, 5.74) is 2.91. The zero-order valence-corrected chi connectivity index (χ0v) is 19.5. The summed E-state index contributed by atoms with van der Waals surface area (Å²) < 4.78 is 34.8. The molecule has 1 amide bonds. The van der Waals surface area contributed by atoms with E-state index in [2.05, 4.69) is 10.0 Å². The molecule has 0 unspecified atom stereocenters. The van der Waals surface area contributed by atoms with Gasteiger partial charge in [0.05, 0.1) is 10.4 Å². The van der Waals surface area contributed by atoms with Crippen molar-refractivity contribution in [1.82, 2.24) is 14.6 Å². The molecular weight excluding hydrogens is 430 g/mol. The Morgan fingerprint density at radius 3 is 2.47 bits per heavy atom. The molecule has 9 heteroatoms. The molecule has 8 nitrogen and oxygen atoms in total. The molecule has 2 N–H and O–H groups in total. The van der Waals surface area contributed by atoms with Gasteiger partial charge >= 0.3 is 5.76 Å². The Labute approximate surface area is 187 Å². The Kier molecular flexibility index (Phi) is 7.20. The highest BCUT2D eigenvalue weighted by atomic mass is 32.2. The molecule has 0 aliphatic carbocycles. The van der Waals surface area contributed by atoms with E-state index in [0.717, 1.165) is 11.1 Å². The summed E-state index contributed by atoms with van der Waals surface area (Å²) in [6.45, 7) is 6.26. The fraction of sp³-hybridized carbons (Fsp3) is 0.391. The number of carbonyl (C=O) groups is 1. The van der Waals surface area contributed by atoms with Gasteiger partial charge in [0, 0.05) is 19.7 Å². The smallest absolute Gasteiger partial charge is 0.408 e. The predicted molar refractivity (Wildman–Crippen MR) is 123 cm³/mol. The lowest BCUT2D eigenvalue weighted by atomic mass is 10.0. The number of benzene rings is 2. The summed E-state index contributed by atoms with van der Waals surface area (Å²) in [6, 6.07) is 11.3. The zero-order valence-electron chi connectivity index (χ0n) is 18.7. The van der Waals surface area contributed by atoms with Crippen LogP contribution in [0.5, 0.6) is 0 Å². The molecule has 0 saturated heterocycles. The number of aryl methyl sites for hydroxylation is 2. The number of carbonyl (C=O) groups excluding carboxylic acids is 1. The summed E-state index contributed by atoms with van der Waals surface area (Å²) in [4.78, 5) is 24.4. The first kappa shape index (κ1) is 23.7. The summed E-state index contributed by atoms with van der Waals surface area (Å²) >= 11 is 0. The number of sulfonamides is 1. The van der Waals surface area contributed by atoms with E-state index in [0.29, 0.717) is 24.9 Å². The number of hydrogen-bond acceptors (Lipinski definition) is 5. The van der Waals surface area contributed by atoms with Crippen LogP contribution in [0.2, 0.25) is 0 Å². The van der Waals surface area contributed by atoms with Gasteiger partial charge in [-0.15, -0.1) is 0 Å². The van der Waals surface area contributed by atoms with E-state index in [1.165, 1.54) is 22.8 Å². The van der Waals surface area contributed by atoms with Gasteiger partial charge in [-0.2, -0.15) is 4.72 Å². The van der Waals surface area contributed by atoms with Crippen LogP contribution < -0.4 is 15.8 Å². The molecule has 0 aliphatic rings. The van der Waals surface area contributed by atoms with Crippen molar-refractivity contribution in [2.75, 3.05) is 6.54 Å². The molecule has 172 valence electrons. The van der Waals surface area contributed by atoms with Gasteiger partial charge in [0.1, 0.15) is 6.04 Å². The van der Waals surface area contributed by atoms with Crippen molar-refractivity contribution >= 4 is 27.0 Å². The van der Waals surface area contributed by atoms with Gasteiger partial charge in [-0.1, -0.05) is 43.7 Å². The fourth-order valence-electron chi connectivity index (χ4n) is 3.42. The van der Waals surface area contributed by atoms with Crippen LogP contribution in [0.15, 0.2) is 56.6 Å². The Balaban J connectivity index is 1.72. The molecule has 1 aromatic heterocycles. The monoisotopic (exact) mass is 459 g/mol. The second-order valence-electron chi connectivity index (χ2n) is 8.39. The molecular formula is C23H29N3O5S. The number of rotatable bonds is 9. The van der Waals surface area contributed by atoms with Crippen LogP contribution in [0.1, 0.15) is 31.4 Å². The molecule has 0 saturated carbocycles. The van der Waals surface area contributed by atoms with Gasteiger partial charge in [0.2, 0.25) is 15.9 Å². The molecule has 0 radical (unpaired) electrons. The van der Waals surface area contributed by atoms with Gasteiger partial charge in [-0.3, -0.25) is 9.36 Å². The Morgan fingerprint density at radius 2 is 1.81 bits per heavy atom. The van der Waals surface area contributed by atoms with E-state index in [-0.39, 0.29) is 22.3 Å². The number of amides is 1. The van der Waals surface area contributed by atoms with Crippen LogP contribution in [0.3, 0.4) is 0 Å². The van der Waals surface area contributed by atoms with E-state index >= 15 is 0 Å². The van der Waals surface area contributed by atoms with E-state index in [4.69, 9.17) is 4.42 Å². The van der Waals surface area contributed by atoms with Crippen LogP contribution in [-0.4, -0.2) is 31.5 Å². The van der Waals surface area contributed by atoms with Gasteiger partial charge < -0.3 is 9.73 Å². The number of aromatic nitrogens is 1. The predicted octanol–water partition coefficient (Wildman–Crippen LogP) is 2.49. The first-order valence-corrected chi connectivity index (χ1v) is 12.0. The maximum atomic E-state index is 13.0. The molecule has 3 aromatic rings. The van der Waals surface area contributed by atoms with E-state index < -0.39 is 21.8 Å². The summed E-state index contributed by atoms with van der Waals surface area (Å²) in [7, 11) is -2.47. The molecule has 3 rings (SSSR count). The van der Waals surface area contributed by atoms with E-state index in [9.17, 15) is 18.0 Å². The van der Waals surface area contributed by atoms with E-state index in [1.807, 2.05) is 45.0 Å². The number of oxazole rings is 1. The topological polar surface area (TPSA) is 110 Å². The summed E-state index contributed by atoms with van der Waals surface area (Å²) in [6.07, 6.45) is 0.995. The fourth-order valence-corrected chi connectivity index (χ4v) is 4.65. The number of nitrogens with zero attached hydrogens (tertiary/aromatic N) is 1. The highest BCUT2D eigenvalue weighted by Gasteiger charge is 2.27. The minimum atomic E-state index is -4.01. The van der Waals surface area contributed by atoms with Crippen LogP contribution in [-0.2, 0) is 28.3 Å². The van der Waals surface area contributed by atoms with Gasteiger partial charge in [0.15, 0.2) is 5.58 Å². The number of hydrogen-bond donors (Lipinski definition) is 2. The lowest BCUT2D eigenvalue weighted by Crippen LogP contribution is -2.47. The molecule has 0 bridgehead atoms. The quantitative estimate of drug-likeness (QED) is 0.511. The standard InChI is InChI=1S/C23H29N3O5S/c1-15(2)13-19(22(27)24-12-11-17-7-5-16(3)6-8-17)25-32(29,30)18-9-10-20-21(14-18)31-23(28)26(20)4/h5-10,14-15,19,25H,11-13H2,1-4H3,(H,24,27)/t19-/m1/s1. The van der Waals surface area contributed by atoms with Gasteiger partial charge in [-0.25, -0.2) is 13.2 Å². The SMILES string of the molecule is Cc1ccc(CCNC(=O)[C@@H](CC(C)C)NS(=O)(=O)c2ccc3c(c2)oc(=O)n3C)cc1. The Bertz CT molecular complexity index is 1260. The minimum absolute atomic E-state index is 0.0689. The van der Waals surface area contributed by atoms with Crippen molar-refractivity contribution in [2.45, 2.75) is 44.6 Å². The largest absolute Gasteiger partial charge is 0.419 e. The summed E-state index contributed by atoms with van der Waals surface area (Å²) in [5, 5.41) is 2.84. The molecule has 0 fully saturated rings. The normalized spacial score (nSPS) is 12.9. The van der Waals surface area contributed by atoms with Gasteiger partial charge in [0.25, 0.3) is 0 Å². The first-order chi connectivity index (χ1) is 15.1. The average molecular weight is 460 g/mol. The number of fused-ring (bicyclic) bond motifs is 1. The van der Waals surface area contributed by atoms with Crippen molar-refractivity contribution in [2.24, 2.45) is 13.0 Å². The van der Waals surface area contributed by atoms with Crippen molar-refractivity contribution in [3.63, 3.8) is 0 Å². The van der Waals surface area contributed by atoms with Crippen molar-refractivity contribution in [1.29, 1.82) is 0 Å². The third-order valence-electron chi connectivity index (χ3n) is 5.23. The maximum Gasteiger partial charge on any atom is 0.419 e. The summed E-state index contributed by atoms with van der Waals surface area (Å²) in [5.74, 6) is -0.852. The van der Waals surface area contributed by atoms with Crippen LogP contribution in [0.4, 0.5) is 0 Å². The first-order valence-electron chi connectivity index (χ1n) is 10.5. The van der Waals surface area contributed by atoms with Crippen LogP contribution in [0.25, 0.3) is 11.1 Å². The third kappa shape index (κ3) is 5.66. The van der Waals surface area contributed by atoms with Crippen LogP contribution in [0, 0.1) is 12.8 Å². The average Bonchev–Trinajstić information content (AvgIpc) is 3.01. The number of nitrogens with one attached hydrogen (secondary N) is 2. The highest BCUT2D eigenvalue weighted by Crippen LogP contribution is 2.19. The Hall–Kier alpha value is -2.91. The zero-order chi connectivity index (χ0) is 23.5. The highest BCUT2D eigenvalue weighted by molar-refractivity contribution is 7.89. The lowest BCUT2D eigenvalue weighted by molar-refractivity contribution is -0.123. The Morgan fingerprint density at radius 1 is 1.12 bits per heavy atom. The van der Waals surface area contributed by atoms with Gasteiger partial charge in [-0.05, 0) is 43.4 Å². The molecule has 0 spiro atoms. The molecule has 1 atom stereocenters. The second-order valence-corrected chi connectivity index (χ2v) is 10.1. The van der Waals surface area contributed by atoms with Crippen molar-refractivity contribution in [3.05, 3.63) is 64.1 Å². The maximum absolute atomic E-state index is 13.0. The minimum Gasteiger partial charge on any atom is -0.408 e.